The number of rotatable bonds is 3. The van der Waals surface area contributed by atoms with E-state index in [1.165, 1.54) is 11.8 Å². The molecule has 1 fully saturated rings. The Bertz CT molecular complexity index is 412. The number of hydrogen-bond donors (Lipinski definition) is 1. The predicted octanol–water partition coefficient (Wildman–Crippen LogP) is 0.771. The lowest BCUT2D eigenvalue weighted by Gasteiger charge is -2.17. The highest BCUT2D eigenvalue weighted by atomic mass is 32.2. The van der Waals surface area contributed by atoms with Crippen LogP contribution in [0.1, 0.15) is 6.42 Å². The first kappa shape index (κ1) is 12.2. The van der Waals surface area contributed by atoms with Gasteiger partial charge in [0.25, 0.3) is 0 Å². The Balaban J connectivity index is 2.07. The molecule has 1 unspecified atom stereocenters. The van der Waals surface area contributed by atoms with E-state index in [0.29, 0.717) is 0 Å². The van der Waals surface area contributed by atoms with Gasteiger partial charge >= 0.3 is 0 Å². The number of amides is 1. The van der Waals surface area contributed by atoms with Crippen LogP contribution < -0.4 is 10.2 Å². The molecule has 0 aromatic carbocycles. The summed E-state index contributed by atoms with van der Waals surface area (Å²) < 4.78 is 0. The maximum atomic E-state index is 11.5. The van der Waals surface area contributed by atoms with Crippen LogP contribution in [0.25, 0.3) is 0 Å². The second-order valence-corrected chi connectivity index (χ2v) is 4.72. The van der Waals surface area contributed by atoms with Crippen LogP contribution in [0.5, 0.6) is 0 Å². The van der Waals surface area contributed by atoms with E-state index in [-0.39, 0.29) is 11.8 Å². The predicted molar refractivity (Wildman–Crippen MR) is 68.2 cm³/mol. The zero-order valence-electron chi connectivity index (χ0n) is 10.0. The van der Waals surface area contributed by atoms with Crippen LogP contribution in [0, 0.1) is 5.92 Å². The van der Waals surface area contributed by atoms with E-state index in [9.17, 15) is 4.79 Å². The Kier molecular flexibility index (Phi) is 3.83. The number of nitrogens with one attached hydrogen (secondary N) is 1. The van der Waals surface area contributed by atoms with Crippen molar-refractivity contribution in [3.63, 3.8) is 0 Å². The zero-order chi connectivity index (χ0) is 12.3. The lowest BCUT2D eigenvalue weighted by atomic mass is 10.1. The number of aromatic nitrogens is 2. The molecule has 1 aliphatic heterocycles. The number of anilines is 1. The summed E-state index contributed by atoms with van der Waals surface area (Å²) in [5, 5.41) is 3.47. The lowest BCUT2D eigenvalue weighted by Crippen LogP contribution is -2.30. The van der Waals surface area contributed by atoms with Crippen molar-refractivity contribution in [3.8, 4) is 0 Å². The van der Waals surface area contributed by atoms with Crippen molar-refractivity contribution >= 4 is 23.5 Å². The van der Waals surface area contributed by atoms with Crippen molar-refractivity contribution in [2.75, 3.05) is 31.3 Å². The monoisotopic (exact) mass is 252 g/mol. The van der Waals surface area contributed by atoms with Crippen molar-refractivity contribution in [3.05, 3.63) is 12.3 Å². The van der Waals surface area contributed by atoms with E-state index >= 15 is 0 Å². The molecule has 5 nitrogen and oxygen atoms in total. The molecule has 0 saturated carbocycles. The Hall–Kier alpha value is -1.30. The Morgan fingerprint density at radius 1 is 1.65 bits per heavy atom. The highest BCUT2D eigenvalue weighted by Crippen LogP contribution is 2.23. The fourth-order valence-corrected chi connectivity index (χ4v) is 2.34. The molecular formula is C11H16N4OS. The molecule has 0 bridgehead atoms. The van der Waals surface area contributed by atoms with Gasteiger partial charge in [-0.15, -0.1) is 0 Å². The summed E-state index contributed by atoms with van der Waals surface area (Å²) in [6, 6.07) is 1.89. The standard InChI is InChI=1S/C11H16N4OS/c1-12-10(16)8-4-6-15(7-8)9-3-5-13-11(14-9)17-2/h3,5,8H,4,6-7H2,1-2H3,(H,12,16). The van der Waals surface area contributed by atoms with Gasteiger partial charge < -0.3 is 10.2 Å². The van der Waals surface area contributed by atoms with Gasteiger partial charge in [-0.05, 0) is 18.7 Å². The first-order valence-electron chi connectivity index (χ1n) is 5.58. The van der Waals surface area contributed by atoms with Crippen LogP contribution in [0.3, 0.4) is 0 Å². The SMILES string of the molecule is CNC(=O)C1CCN(c2ccnc(SC)n2)C1. The third kappa shape index (κ3) is 2.69. The van der Waals surface area contributed by atoms with Crippen molar-refractivity contribution in [1.82, 2.24) is 15.3 Å². The Labute approximate surface area is 105 Å². The average molecular weight is 252 g/mol. The van der Waals surface area contributed by atoms with Gasteiger partial charge in [0.15, 0.2) is 5.16 Å². The van der Waals surface area contributed by atoms with Crippen molar-refractivity contribution < 1.29 is 4.79 Å². The van der Waals surface area contributed by atoms with Gasteiger partial charge in [0.05, 0.1) is 5.92 Å². The van der Waals surface area contributed by atoms with E-state index in [0.717, 1.165) is 30.5 Å². The van der Waals surface area contributed by atoms with Gasteiger partial charge in [0.2, 0.25) is 5.91 Å². The molecule has 0 spiro atoms. The first-order chi connectivity index (χ1) is 8.24. The Morgan fingerprint density at radius 3 is 3.18 bits per heavy atom. The highest BCUT2D eigenvalue weighted by molar-refractivity contribution is 7.98. The summed E-state index contributed by atoms with van der Waals surface area (Å²) in [5.74, 6) is 1.11. The van der Waals surface area contributed by atoms with E-state index < -0.39 is 0 Å². The summed E-state index contributed by atoms with van der Waals surface area (Å²) in [4.78, 5) is 22.3. The number of thioether (sulfide) groups is 1. The van der Waals surface area contributed by atoms with E-state index in [2.05, 4.69) is 20.2 Å². The molecule has 2 heterocycles. The van der Waals surface area contributed by atoms with Gasteiger partial charge in [0.1, 0.15) is 5.82 Å². The number of carbonyl (C=O) groups is 1. The molecule has 1 saturated heterocycles. The number of carbonyl (C=O) groups excluding carboxylic acids is 1. The minimum absolute atomic E-state index is 0.0766. The number of hydrogen-bond acceptors (Lipinski definition) is 5. The third-order valence-corrected chi connectivity index (χ3v) is 3.49. The molecule has 1 aromatic rings. The topological polar surface area (TPSA) is 58.1 Å². The van der Waals surface area contributed by atoms with Gasteiger partial charge in [-0.25, -0.2) is 9.97 Å². The normalized spacial score (nSPS) is 19.4. The van der Waals surface area contributed by atoms with Crippen LogP contribution in [0.2, 0.25) is 0 Å². The van der Waals surface area contributed by atoms with Crippen molar-refractivity contribution in [1.29, 1.82) is 0 Å². The third-order valence-electron chi connectivity index (χ3n) is 2.93. The molecule has 6 heteroatoms. The largest absolute Gasteiger partial charge is 0.359 e. The van der Waals surface area contributed by atoms with E-state index in [1.54, 1.807) is 13.2 Å². The molecule has 0 radical (unpaired) electrons. The van der Waals surface area contributed by atoms with Gasteiger partial charge in [-0.2, -0.15) is 0 Å². The van der Waals surface area contributed by atoms with Crippen molar-refractivity contribution in [2.45, 2.75) is 11.6 Å². The smallest absolute Gasteiger partial charge is 0.224 e. The minimum atomic E-state index is 0.0766. The molecule has 92 valence electrons. The second-order valence-electron chi connectivity index (χ2n) is 3.95. The molecule has 1 atom stereocenters. The summed E-state index contributed by atoms with van der Waals surface area (Å²) >= 11 is 1.53. The van der Waals surface area contributed by atoms with Crippen LogP contribution in [-0.2, 0) is 4.79 Å². The van der Waals surface area contributed by atoms with Gasteiger partial charge in [-0.1, -0.05) is 11.8 Å². The van der Waals surface area contributed by atoms with Crippen LogP contribution in [0.4, 0.5) is 5.82 Å². The average Bonchev–Trinajstić information content (AvgIpc) is 2.87. The summed E-state index contributed by atoms with van der Waals surface area (Å²) in [6.45, 7) is 1.62. The molecule has 1 amide bonds. The quantitative estimate of drug-likeness (QED) is 0.636. The summed E-state index contributed by atoms with van der Waals surface area (Å²) in [5.41, 5.74) is 0. The van der Waals surface area contributed by atoms with E-state index in [1.807, 2.05) is 12.3 Å². The highest BCUT2D eigenvalue weighted by Gasteiger charge is 2.28. The fourth-order valence-electron chi connectivity index (χ4n) is 1.99. The molecule has 1 N–H and O–H groups in total. The second kappa shape index (κ2) is 5.35. The zero-order valence-corrected chi connectivity index (χ0v) is 10.8. The number of nitrogens with zero attached hydrogens (tertiary/aromatic N) is 3. The maximum Gasteiger partial charge on any atom is 0.224 e. The lowest BCUT2D eigenvalue weighted by molar-refractivity contribution is -0.123. The molecule has 0 aliphatic carbocycles. The fraction of sp³-hybridized carbons (Fsp3) is 0.545. The van der Waals surface area contributed by atoms with Crippen LogP contribution in [0.15, 0.2) is 17.4 Å². The van der Waals surface area contributed by atoms with Gasteiger partial charge in [-0.3, -0.25) is 4.79 Å². The maximum absolute atomic E-state index is 11.5. The van der Waals surface area contributed by atoms with Crippen molar-refractivity contribution in [2.24, 2.45) is 5.92 Å². The molecule has 1 aliphatic rings. The Morgan fingerprint density at radius 2 is 2.47 bits per heavy atom. The molecular weight excluding hydrogens is 236 g/mol. The van der Waals surface area contributed by atoms with Gasteiger partial charge in [0, 0.05) is 26.3 Å². The van der Waals surface area contributed by atoms with E-state index in [4.69, 9.17) is 0 Å². The molecule has 2 rings (SSSR count). The minimum Gasteiger partial charge on any atom is -0.359 e. The molecule has 17 heavy (non-hydrogen) atoms. The summed E-state index contributed by atoms with van der Waals surface area (Å²) in [6.07, 6.45) is 4.61. The van der Waals surface area contributed by atoms with Crippen LogP contribution >= 0.6 is 11.8 Å². The van der Waals surface area contributed by atoms with Crippen LogP contribution in [-0.4, -0.2) is 42.3 Å². The summed E-state index contributed by atoms with van der Waals surface area (Å²) in [7, 11) is 1.68. The first-order valence-corrected chi connectivity index (χ1v) is 6.80. The molecule has 1 aromatic heterocycles.